The van der Waals surface area contributed by atoms with Gasteiger partial charge >= 0.3 is 0 Å². The number of nitrogens with zero attached hydrogens (tertiary/aromatic N) is 1. The van der Waals surface area contributed by atoms with E-state index in [1.165, 1.54) is 0 Å². The topological polar surface area (TPSA) is 72.2 Å². The zero-order valence-corrected chi connectivity index (χ0v) is 16.4. The van der Waals surface area contributed by atoms with Crippen LogP contribution < -0.4 is 4.72 Å². The van der Waals surface area contributed by atoms with Gasteiger partial charge in [0, 0.05) is 18.9 Å². The Labute approximate surface area is 161 Å². The Balaban J connectivity index is 1.86. The fraction of sp³-hybridized carbons (Fsp3) is 0.333. The van der Waals surface area contributed by atoms with Gasteiger partial charge in [-0.2, -0.15) is 6.42 Å². The van der Waals surface area contributed by atoms with Crippen molar-refractivity contribution in [2.45, 2.75) is 50.1 Å². The van der Waals surface area contributed by atoms with Gasteiger partial charge in [0.25, 0.3) is 0 Å². The van der Waals surface area contributed by atoms with Gasteiger partial charge in [0.15, 0.2) is 11.8 Å². The van der Waals surface area contributed by atoms with E-state index in [0.717, 1.165) is 28.7 Å². The summed E-state index contributed by atoms with van der Waals surface area (Å²) in [5, 5.41) is 13.0. The number of benzene rings is 2. The molecule has 3 rings (SSSR count). The number of aryl methyl sites for hydroxylation is 1. The molecule has 0 bridgehead atoms. The van der Waals surface area contributed by atoms with E-state index in [-0.39, 0.29) is 4.90 Å². The van der Waals surface area contributed by atoms with Crippen LogP contribution in [0.25, 0.3) is 0 Å². The number of hydrogen-bond acceptors (Lipinski definition) is 3. The largest absolute Gasteiger partial charge is 0.623 e. The highest BCUT2D eigenvalue weighted by Crippen LogP contribution is 2.23. The number of sulfonamides is 1. The van der Waals surface area contributed by atoms with Crippen molar-refractivity contribution in [2.75, 3.05) is 0 Å². The summed E-state index contributed by atoms with van der Waals surface area (Å²) in [5.41, 5.74) is 2.43. The lowest BCUT2D eigenvalue weighted by atomic mass is 9.91. The van der Waals surface area contributed by atoms with Gasteiger partial charge in [0.1, 0.15) is 0 Å². The van der Waals surface area contributed by atoms with Crippen LogP contribution in [0.2, 0.25) is 0 Å². The minimum Gasteiger partial charge on any atom is -0.623 e. The summed E-state index contributed by atoms with van der Waals surface area (Å²) in [5.74, 6) is 0. The number of rotatable bonds is 5. The lowest BCUT2D eigenvalue weighted by Crippen LogP contribution is -2.50. The fourth-order valence-corrected chi connectivity index (χ4v) is 4.61. The summed E-state index contributed by atoms with van der Waals surface area (Å²) in [6, 6.07) is 15.2. The SMILES string of the molecule is C/C(c1ccccc1)=[N+](/[O-])[C@@H]1CCC[CH-][C@H]1NS(=O)(=O)c1ccc(C)cc1. The molecular weight excluding hydrogens is 360 g/mol. The standard InChI is InChI=1S/C21H25N2O3S/c1-16-12-14-19(15-13-16)27(25,26)22-20-10-6-7-11-21(20)23(24)17(2)18-8-4-3-5-9-18/h3-5,8-10,12-15,20-22H,6-7,11H2,1-2H3/q-1/b23-17-/t20-,21-/m1/s1. The van der Waals surface area contributed by atoms with Crippen LogP contribution in [0.4, 0.5) is 0 Å². The monoisotopic (exact) mass is 385 g/mol. The molecule has 1 aliphatic rings. The van der Waals surface area contributed by atoms with Gasteiger partial charge in [0.05, 0.1) is 4.90 Å². The number of hydroxylamine groups is 1. The molecule has 0 aliphatic heterocycles. The lowest BCUT2D eigenvalue weighted by Gasteiger charge is -2.37. The third kappa shape index (κ3) is 4.57. The van der Waals surface area contributed by atoms with Crippen LogP contribution in [0.1, 0.15) is 37.3 Å². The van der Waals surface area contributed by atoms with Crippen molar-refractivity contribution < 1.29 is 13.2 Å². The molecule has 0 amide bonds. The van der Waals surface area contributed by atoms with E-state index in [4.69, 9.17) is 0 Å². The quantitative estimate of drug-likeness (QED) is 0.282. The van der Waals surface area contributed by atoms with Crippen LogP contribution in [-0.2, 0) is 10.0 Å². The maximum atomic E-state index is 13.0. The summed E-state index contributed by atoms with van der Waals surface area (Å²) in [6.45, 7) is 3.69. The van der Waals surface area contributed by atoms with E-state index in [9.17, 15) is 13.6 Å². The predicted octanol–water partition coefficient (Wildman–Crippen LogP) is 3.42. The van der Waals surface area contributed by atoms with Crippen LogP contribution in [-0.4, -0.2) is 31.0 Å². The van der Waals surface area contributed by atoms with Crippen LogP contribution in [0, 0.1) is 18.6 Å². The summed E-state index contributed by atoms with van der Waals surface area (Å²) in [6.07, 6.45) is 4.21. The Morgan fingerprint density at radius 3 is 2.48 bits per heavy atom. The van der Waals surface area contributed by atoms with E-state index in [1.807, 2.05) is 43.7 Å². The molecule has 5 nitrogen and oxygen atoms in total. The maximum absolute atomic E-state index is 13.0. The summed E-state index contributed by atoms with van der Waals surface area (Å²) in [7, 11) is -3.69. The van der Waals surface area contributed by atoms with Crippen LogP contribution in [0.3, 0.4) is 0 Å². The fourth-order valence-electron chi connectivity index (χ4n) is 3.37. The lowest BCUT2D eigenvalue weighted by molar-refractivity contribution is -0.506. The highest BCUT2D eigenvalue weighted by atomic mass is 32.2. The van der Waals surface area contributed by atoms with Gasteiger partial charge in [0.2, 0.25) is 10.0 Å². The molecule has 0 heterocycles. The van der Waals surface area contributed by atoms with Crippen molar-refractivity contribution >= 4 is 15.7 Å². The molecule has 2 aromatic rings. The van der Waals surface area contributed by atoms with Crippen LogP contribution in [0.5, 0.6) is 0 Å². The zero-order valence-electron chi connectivity index (χ0n) is 15.6. The van der Waals surface area contributed by atoms with E-state index in [0.29, 0.717) is 12.1 Å². The van der Waals surface area contributed by atoms with Gasteiger partial charge in [-0.1, -0.05) is 42.3 Å². The molecule has 1 N–H and O–H groups in total. The summed E-state index contributed by atoms with van der Waals surface area (Å²) in [4.78, 5) is 0.215. The molecule has 144 valence electrons. The minimum absolute atomic E-state index is 0.215. The first-order valence-electron chi connectivity index (χ1n) is 9.16. The average molecular weight is 386 g/mol. The Bertz CT molecular complexity index is 906. The molecular formula is C21H25N2O3S-. The van der Waals surface area contributed by atoms with Gasteiger partial charge < -0.3 is 11.6 Å². The van der Waals surface area contributed by atoms with E-state index < -0.39 is 22.1 Å². The van der Waals surface area contributed by atoms with Crippen LogP contribution in [0.15, 0.2) is 59.5 Å². The first kappa shape index (κ1) is 19.6. The normalized spacial score (nSPS) is 21.6. The summed E-state index contributed by atoms with van der Waals surface area (Å²) < 4.78 is 29.2. The number of hydrogen-bond donors (Lipinski definition) is 1. The van der Waals surface area contributed by atoms with E-state index in [1.54, 1.807) is 31.2 Å². The molecule has 0 aromatic heterocycles. The first-order valence-corrected chi connectivity index (χ1v) is 10.6. The third-order valence-electron chi connectivity index (χ3n) is 4.99. The average Bonchev–Trinajstić information content (AvgIpc) is 2.68. The van der Waals surface area contributed by atoms with Gasteiger partial charge in [-0.25, -0.2) is 17.9 Å². The number of nitrogens with one attached hydrogen (secondary N) is 1. The van der Waals surface area contributed by atoms with Gasteiger partial charge in [-0.05, 0) is 37.2 Å². The maximum Gasteiger partial charge on any atom is 0.238 e. The van der Waals surface area contributed by atoms with Gasteiger partial charge in [-0.3, -0.25) is 0 Å². The molecule has 2 aromatic carbocycles. The first-order chi connectivity index (χ1) is 12.9. The molecule has 1 fully saturated rings. The van der Waals surface area contributed by atoms with E-state index in [2.05, 4.69) is 4.72 Å². The van der Waals surface area contributed by atoms with E-state index >= 15 is 0 Å². The van der Waals surface area contributed by atoms with Crippen molar-refractivity contribution in [3.8, 4) is 0 Å². The molecule has 2 atom stereocenters. The Hall–Kier alpha value is -2.18. The van der Waals surface area contributed by atoms with Crippen molar-refractivity contribution in [2.24, 2.45) is 0 Å². The van der Waals surface area contributed by atoms with Gasteiger partial charge in [-0.15, -0.1) is 0 Å². The second kappa shape index (κ2) is 8.23. The van der Waals surface area contributed by atoms with Crippen molar-refractivity contribution in [1.82, 2.24) is 4.72 Å². The smallest absolute Gasteiger partial charge is 0.238 e. The molecule has 0 radical (unpaired) electrons. The Kier molecular flexibility index (Phi) is 5.97. The highest BCUT2D eigenvalue weighted by molar-refractivity contribution is 7.89. The minimum atomic E-state index is -3.69. The Morgan fingerprint density at radius 2 is 1.81 bits per heavy atom. The molecule has 1 saturated carbocycles. The molecule has 0 saturated heterocycles. The highest BCUT2D eigenvalue weighted by Gasteiger charge is 2.30. The molecule has 0 unspecified atom stereocenters. The molecule has 1 aliphatic carbocycles. The molecule has 27 heavy (non-hydrogen) atoms. The van der Waals surface area contributed by atoms with Crippen molar-refractivity contribution in [3.05, 3.63) is 77.4 Å². The zero-order chi connectivity index (χ0) is 19.4. The van der Waals surface area contributed by atoms with Crippen molar-refractivity contribution in [1.29, 1.82) is 0 Å². The Morgan fingerprint density at radius 1 is 1.15 bits per heavy atom. The van der Waals surface area contributed by atoms with Crippen molar-refractivity contribution in [3.63, 3.8) is 0 Å². The third-order valence-corrected chi connectivity index (χ3v) is 6.46. The van der Waals surface area contributed by atoms with Crippen LogP contribution >= 0.6 is 0 Å². The second-order valence-electron chi connectivity index (χ2n) is 6.97. The molecule has 6 heteroatoms. The predicted molar refractivity (Wildman–Crippen MR) is 107 cm³/mol. The summed E-state index contributed by atoms with van der Waals surface area (Å²) >= 11 is 0. The second-order valence-corrected chi connectivity index (χ2v) is 8.69. The molecule has 0 spiro atoms.